The lowest BCUT2D eigenvalue weighted by molar-refractivity contribution is 0.0955. The number of nitrogens with one attached hydrogen (secondary N) is 1. The quantitative estimate of drug-likeness (QED) is 0.626. The summed E-state index contributed by atoms with van der Waals surface area (Å²) in [6.45, 7) is 5.42. The van der Waals surface area contributed by atoms with Crippen molar-refractivity contribution >= 4 is 44.9 Å². The minimum Gasteiger partial charge on any atom is -0.351 e. The van der Waals surface area contributed by atoms with E-state index in [1.807, 2.05) is 30.3 Å². The number of fused-ring (bicyclic) bond motifs is 1. The first-order chi connectivity index (χ1) is 13.7. The van der Waals surface area contributed by atoms with Crippen molar-refractivity contribution in [2.45, 2.75) is 6.42 Å². The van der Waals surface area contributed by atoms with E-state index in [0.717, 1.165) is 55.2 Å². The van der Waals surface area contributed by atoms with Gasteiger partial charge in [-0.15, -0.1) is 11.3 Å². The van der Waals surface area contributed by atoms with Crippen LogP contribution in [0.5, 0.6) is 0 Å². The van der Waals surface area contributed by atoms with E-state index in [0.29, 0.717) is 16.4 Å². The Balaban J connectivity index is 1.21. The maximum Gasteiger partial charge on any atom is 0.262 e. The van der Waals surface area contributed by atoms with Crippen LogP contribution in [0.1, 0.15) is 16.1 Å². The highest BCUT2D eigenvalue weighted by molar-refractivity contribution is 7.21. The third-order valence-electron chi connectivity index (χ3n) is 4.89. The van der Waals surface area contributed by atoms with Crippen LogP contribution in [0.4, 0.5) is 5.95 Å². The first-order valence-electron chi connectivity index (χ1n) is 9.42. The lowest BCUT2D eigenvalue weighted by Gasteiger charge is -2.34. The topological polar surface area (TPSA) is 61.4 Å². The monoisotopic (exact) mass is 415 g/mol. The number of halogens is 1. The molecule has 8 heteroatoms. The number of hydrogen-bond donors (Lipinski definition) is 1. The first kappa shape index (κ1) is 19.1. The van der Waals surface area contributed by atoms with Crippen molar-refractivity contribution in [2.24, 2.45) is 0 Å². The van der Waals surface area contributed by atoms with Gasteiger partial charge in [0.25, 0.3) is 5.91 Å². The van der Waals surface area contributed by atoms with Crippen molar-refractivity contribution in [3.8, 4) is 0 Å². The molecule has 28 heavy (non-hydrogen) atoms. The molecule has 6 nitrogen and oxygen atoms in total. The molecule has 1 amide bonds. The number of anilines is 1. The van der Waals surface area contributed by atoms with Crippen molar-refractivity contribution in [1.82, 2.24) is 20.2 Å². The summed E-state index contributed by atoms with van der Waals surface area (Å²) in [5, 5.41) is 4.50. The van der Waals surface area contributed by atoms with Gasteiger partial charge in [-0.1, -0.05) is 29.8 Å². The predicted octanol–water partition coefficient (Wildman–Crippen LogP) is 3.29. The molecule has 0 bridgehead atoms. The lowest BCUT2D eigenvalue weighted by atomic mass is 10.2. The molecule has 2 aromatic heterocycles. The van der Waals surface area contributed by atoms with E-state index in [4.69, 9.17) is 11.6 Å². The summed E-state index contributed by atoms with van der Waals surface area (Å²) in [5.41, 5.74) is 0. The Hall–Kier alpha value is -2.22. The summed E-state index contributed by atoms with van der Waals surface area (Å²) in [7, 11) is 0. The summed E-state index contributed by atoms with van der Waals surface area (Å²) < 4.78 is 1.04. The number of rotatable bonds is 6. The van der Waals surface area contributed by atoms with Gasteiger partial charge >= 0.3 is 0 Å². The maximum atomic E-state index is 12.5. The molecular weight excluding hydrogens is 394 g/mol. The fraction of sp³-hybridized carbons (Fsp3) is 0.350. The van der Waals surface area contributed by atoms with Crippen LogP contribution in [0.15, 0.2) is 42.7 Å². The van der Waals surface area contributed by atoms with Gasteiger partial charge in [0, 0.05) is 55.2 Å². The molecule has 0 saturated carbocycles. The number of carbonyl (C=O) groups is 1. The van der Waals surface area contributed by atoms with Gasteiger partial charge in [-0.05, 0) is 25.1 Å². The molecule has 1 fully saturated rings. The zero-order chi connectivity index (χ0) is 19.3. The Bertz CT molecular complexity index is 940. The van der Waals surface area contributed by atoms with Crippen LogP contribution in [-0.4, -0.2) is 60.0 Å². The van der Waals surface area contributed by atoms with E-state index >= 15 is 0 Å². The number of hydrogen-bond acceptors (Lipinski definition) is 6. The SMILES string of the molecule is O=C(NCCCN1CCN(c2ncccn2)CC1)c1sc2ccccc2c1Cl. The molecule has 4 rings (SSSR count). The molecule has 0 spiro atoms. The minimum absolute atomic E-state index is 0.0859. The Kier molecular flexibility index (Phi) is 6.04. The standard InChI is InChI=1S/C20H22ClN5OS/c21-17-15-5-1-2-6-16(15)28-18(17)19(27)22-9-4-10-25-11-13-26(14-12-25)20-23-7-3-8-24-20/h1-3,5-8H,4,9-14H2,(H,22,27). The molecule has 0 radical (unpaired) electrons. The first-order valence-corrected chi connectivity index (χ1v) is 10.6. The van der Waals surface area contributed by atoms with Crippen molar-refractivity contribution < 1.29 is 4.79 Å². The molecule has 0 unspecified atom stereocenters. The summed E-state index contributed by atoms with van der Waals surface area (Å²) in [6, 6.07) is 9.67. The van der Waals surface area contributed by atoms with Gasteiger partial charge in [0.05, 0.1) is 5.02 Å². The predicted molar refractivity (Wildman–Crippen MR) is 114 cm³/mol. The van der Waals surface area contributed by atoms with Gasteiger partial charge in [-0.25, -0.2) is 9.97 Å². The highest BCUT2D eigenvalue weighted by Crippen LogP contribution is 2.34. The average Bonchev–Trinajstić information content (AvgIpc) is 3.09. The van der Waals surface area contributed by atoms with E-state index in [1.165, 1.54) is 11.3 Å². The second kappa shape index (κ2) is 8.86. The lowest BCUT2D eigenvalue weighted by Crippen LogP contribution is -2.47. The highest BCUT2D eigenvalue weighted by Gasteiger charge is 2.19. The van der Waals surface area contributed by atoms with Crippen molar-refractivity contribution in [3.63, 3.8) is 0 Å². The molecule has 1 saturated heterocycles. The molecule has 3 heterocycles. The molecule has 1 aliphatic rings. The second-order valence-electron chi connectivity index (χ2n) is 6.73. The number of nitrogens with zero attached hydrogens (tertiary/aromatic N) is 4. The minimum atomic E-state index is -0.0859. The summed E-state index contributed by atoms with van der Waals surface area (Å²) in [5.74, 6) is 0.715. The zero-order valence-corrected chi connectivity index (χ0v) is 17.0. The third-order valence-corrected chi connectivity index (χ3v) is 6.56. The van der Waals surface area contributed by atoms with E-state index in [-0.39, 0.29) is 5.91 Å². The zero-order valence-electron chi connectivity index (χ0n) is 15.5. The van der Waals surface area contributed by atoms with Crippen LogP contribution in [0.25, 0.3) is 10.1 Å². The van der Waals surface area contributed by atoms with E-state index < -0.39 is 0 Å². The molecular formula is C20H22ClN5OS. The molecule has 0 aliphatic carbocycles. The Morgan fingerprint density at radius 3 is 2.61 bits per heavy atom. The summed E-state index contributed by atoms with van der Waals surface area (Å²) >= 11 is 7.82. The maximum absolute atomic E-state index is 12.5. The van der Waals surface area contributed by atoms with Crippen LogP contribution >= 0.6 is 22.9 Å². The fourth-order valence-corrected chi connectivity index (χ4v) is 4.80. The number of aromatic nitrogens is 2. The van der Waals surface area contributed by atoms with Crippen molar-refractivity contribution in [3.05, 3.63) is 52.6 Å². The normalized spacial score (nSPS) is 15.1. The van der Waals surface area contributed by atoms with Gasteiger partial charge < -0.3 is 10.2 Å². The smallest absolute Gasteiger partial charge is 0.262 e. The largest absolute Gasteiger partial charge is 0.351 e. The Morgan fingerprint density at radius 1 is 1.11 bits per heavy atom. The third kappa shape index (κ3) is 4.27. The molecule has 1 N–H and O–H groups in total. The molecule has 1 aliphatic heterocycles. The second-order valence-corrected chi connectivity index (χ2v) is 8.16. The number of carbonyl (C=O) groups excluding carboxylic acids is 1. The average molecular weight is 416 g/mol. The number of benzene rings is 1. The van der Waals surface area contributed by atoms with Crippen molar-refractivity contribution in [2.75, 3.05) is 44.2 Å². The van der Waals surface area contributed by atoms with Crippen LogP contribution in [-0.2, 0) is 0 Å². The Labute approximate surface area is 173 Å². The summed E-state index contributed by atoms with van der Waals surface area (Å²) in [4.78, 5) is 26.3. The molecule has 1 aromatic carbocycles. The Morgan fingerprint density at radius 2 is 1.86 bits per heavy atom. The molecule has 0 atom stereocenters. The van der Waals surface area contributed by atoms with E-state index in [2.05, 4.69) is 25.1 Å². The summed E-state index contributed by atoms with van der Waals surface area (Å²) in [6.07, 6.45) is 4.47. The van der Waals surface area contributed by atoms with Gasteiger partial charge in [-0.3, -0.25) is 9.69 Å². The molecule has 146 valence electrons. The van der Waals surface area contributed by atoms with E-state index in [1.54, 1.807) is 12.4 Å². The van der Waals surface area contributed by atoms with Gasteiger partial charge in [0.2, 0.25) is 5.95 Å². The van der Waals surface area contributed by atoms with Gasteiger partial charge in [-0.2, -0.15) is 0 Å². The van der Waals surface area contributed by atoms with Gasteiger partial charge in [0.15, 0.2) is 0 Å². The molecule has 3 aromatic rings. The number of piperazine rings is 1. The van der Waals surface area contributed by atoms with Gasteiger partial charge in [0.1, 0.15) is 4.88 Å². The van der Waals surface area contributed by atoms with Crippen molar-refractivity contribution in [1.29, 1.82) is 0 Å². The highest BCUT2D eigenvalue weighted by atomic mass is 35.5. The number of thiophene rings is 1. The van der Waals surface area contributed by atoms with Crippen LogP contribution in [0.2, 0.25) is 5.02 Å². The van der Waals surface area contributed by atoms with E-state index in [9.17, 15) is 4.79 Å². The van der Waals surface area contributed by atoms with Crippen LogP contribution < -0.4 is 10.2 Å². The van der Waals surface area contributed by atoms with Crippen LogP contribution in [0.3, 0.4) is 0 Å². The number of amides is 1. The fourth-order valence-electron chi connectivity index (χ4n) is 3.37. The van der Waals surface area contributed by atoms with Crippen LogP contribution in [0, 0.1) is 0 Å².